The fraction of sp³-hybridized carbons (Fsp3) is 0.0870. The van der Waals surface area contributed by atoms with Crippen LogP contribution in [0.15, 0.2) is 83.8 Å². The fourth-order valence-electron chi connectivity index (χ4n) is 3.47. The summed E-state index contributed by atoms with van der Waals surface area (Å²) in [7, 11) is -1.66. The molecule has 29 heavy (non-hydrogen) atoms. The third-order valence-electron chi connectivity index (χ3n) is 4.77. The summed E-state index contributed by atoms with van der Waals surface area (Å²) in [5, 5.41) is 1.44. The third kappa shape index (κ3) is 3.93. The number of benzene rings is 3. The maximum Gasteiger partial charge on any atom is 0.258 e. The molecule has 1 aromatic heterocycles. The van der Waals surface area contributed by atoms with Gasteiger partial charge in [-0.05, 0) is 46.3 Å². The molecule has 0 aliphatic carbocycles. The van der Waals surface area contributed by atoms with Crippen molar-refractivity contribution < 1.29 is 8.42 Å². The van der Waals surface area contributed by atoms with Gasteiger partial charge in [-0.25, -0.2) is 8.42 Å². The number of fused-ring (bicyclic) bond motifs is 1. The molecule has 0 aliphatic rings. The van der Waals surface area contributed by atoms with Crippen molar-refractivity contribution in [2.45, 2.75) is 0 Å². The molecule has 0 amide bonds. The molecule has 0 bridgehead atoms. The topological polar surface area (TPSA) is 68.2 Å². The number of sulfonamides is 1. The van der Waals surface area contributed by atoms with E-state index in [9.17, 15) is 13.2 Å². The van der Waals surface area contributed by atoms with Gasteiger partial charge < -0.3 is 4.57 Å². The Kier molecular flexibility index (Phi) is 4.72. The standard InChI is InChI=1S/C23H20N2O3S/c1-25-15-22(18-9-6-10-19(13-18)24-29(2,27)28)21-14-17(11-12-20(21)23(25)26)16-7-4-3-5-8-16/h3-15,24H,1-2H3. The number of hydrogen-bond acceptors (Lipinski definition) is 3. The van der Waals surface area contributed by atoms with Crippen molar-refractivity contribution in [2.24, 2.45) is 7.05 Å². The van der Waals surface area contributed by atoms with E-state index in [0.717, 1.165) is 33.9 Å². The Morgan fingerprint density at radius 2 is 1.52 bits per heavy atom. The number of aryl methyl sites for hydroxylation is 1. The molecule has 5 nitrogen and oxygen atoms in total. The molecule has 1 N–H and O–H groups in total. The number of rotatable bonds is 4. The number of anilines is 1. The molecule has 146 valence electrons. The smallest absolute Gasteiger partial charge is 0.258 e. The first-order chi connectivity index (χ1) is 13.8. The van der Waals surface area contributed by atoms with Crippen LogP contribution in [0.2, 0.25) is 0 Å². The molecule has 0 aliphatic heterocycles. The highest BCUT2D eigenvalue weighted by Crippen LogP contribution is 2.32. The summed E-state index contributed by atoms with van der Waals surface area (Å²) in [5.41, 5.74) is 4.16. The van der Waals surface area contributed by atoms with Crippen LogP contribution in [-0.4, -0.2) is 19.2 Å². The van der Waals surface area contributed by atoms with E-state index in [0.29, 0.717) is 11.1 Å². The second-order valence-electron chi connectivity index (χ2n) is 7.04. The molecule has 4 rings (SSSR count). The van der Waals surface area contributed by atoms with Crippen LogP contribution in [0, 0.1) is 0 Å². The van der Waals surface area contributed by atoms with Crippen molar-refractivity contribution in [2.75, 3.05) is 11.0 Å². The average molecular weight is 404 g/mol. The van der Waals surface area contributed by atoms with E-state index in [4.69, 9.17) is 0 Å². The quantitative estimate of drug-likeness (QED) is 0.553. The lowest BCUT2D eigenvalue weighted by Crippen LogP contribution is -2.16. The second-order valence-corrected chi connectivity index (χ2v) is 8.79. The molecular weight excluding hydrogens is 384 g/mol. The Labute approximate surface area is 169 Å². The normalized spacial score (nSPS) is 11.5. The van der Waals surface area contributed by atoms with Crippen LogP contribution >= 0.6 is 0 Å². The Bertz CT molecular complexity index is 1370. The summed E-state index contributed by atoms with van der Waals surface area (Å²) >= 11 is 0. The summed E-state index contributed by atoms with van der Waals surface area (Å²) in [6, 6.07) is 23.0. The van der Waals surface area contributed by atoms with E-state index in [1.165, 1.54) is 0 Å². The molecule has 0 saturated heterocycles. The van der Waals surface area contributed by atoms with Crippen LogP contribution < -0.4 is 10.3 Å². The number of nitrogens with zero attached hydrogens (tertiary/aromatic N) is 1. The van der Waals surface area contributed by atoms with E-state index in [1.807, 2.05) is 54.6 Å². The summed E-state index contributed by atoms with van der Waals surface area (Å²) in [4.78, 5) is 12.7. The van der Waals surface area contributed by atoms with Crippen molar-refractivity contribution in [1.29, 1.82) is 0 Å². The van der Waals surface area contributed by atoms with E-state index < -0.39 is 10.0 Å². The Morgan fingerprint density at radius 1 is 0.793 bits per heavy atom. The minimum Gasteiger partial charge on any atom is -0.317 e. The van der Waals surface area contributed by atoms with Gasteiger partial charge in [-0.1, -0.05) is 48.5 Å². The first kappa shape index (κ1) is 19.0. The molecule has 1 heterocycles. The lowest BCUT2D eigenvalue weighted by atomic mass is 9.96. The first-order valence-corrected chi connectivity index (χ1v) is 11.0. The SMILES string of the molecule is Cn1cc(-c2cccc(NS(C)(=O)=O)c2)c2cc(-c3ccccc3)ccc2c1=O. The van der Waals surface area contributed by atoms with E-state index in [-0.39, 0.29) is 5.56 Å². The van der Waals surface area contributed by atoms with Crippen LogP contribution in [0.25, 0.3) is 33.0 Å². The summed E-state index contributed by atoms with van der Waals surface area (Å²) in [5.74, 6) is 0. The van der Waals surface area contributed by atoms with Gasteiger partial charge >= 0.3 is 0 Å². The van der Waals surface area contributed by atoms with Gasteiger partial charge in [-0.15, -0.1) is 0 Å². The molecule has 0 atom stereocenters. The monoisotopic (exact) mass is 404 g/mol. The zero-order valence-electron chi connectivity index (χ0n) is 16.1. The molecular formula is C23H20N2O3S. The molecule has 0 fully saturated rings. The highest BCUT2D eigenvalue weighted by atomic mass is 32.2. The predicted molar refractivity (Wildman–Crippen MR) is 119 cm³/mol. The van der Waals surface area contributed by atoms with Crippen LogP contribution in [0.3, 0.4) is 0 Å². The van der Waals surface area contributed by atoms with Crippen molar-refractivity contribution in [3.05, 3.63) is 89.3 Å². The van der Waals surface area contributed by atoms with Gasteiger partial charge in [-0.2, -0.15) is 0 Å². The Hall–Kier alpha value is -3.38. The van der Waals surface area contributed by atoms with Gasteiger partial charge in [0.2, 0.25) is 10.0 Å². The van der Waals surface area contributed by atoms with Gasteiger partial charge in [0.05, 0.1) is 6.26 Å². The van der Waals surface area contributed by atoms with Crippen molar-refractivity contribution in [3.8, 4) is 22.3 Å². The average Bonchev–Trinajstić information content (AvgIpc) is 2.70. The lowest BCUT2D eigenvalue weighted by molar-refractivity contribution is 0.607. The number of nitrogens with one attached hydrogen (secondary N) is 1. The van der Waals surface area contributed by atoms with Crippen molar-refractivity contribution in [1.82, 2.24) is 4.57 Å². The molecule has 0 spiro atoms. The van der Waals surface area contributed by atoms with E-state index >= 15 is 0 Å². The summed E-state index contributed by atoms with van der Waals surface area (Å²) in [6.07, 6.45) is 2.91. The number of hydrogen-bond donors (Lipinski definition) is 1. The lowest BCUT2D eigenvalue weighted by Gasteiger charge is -2.13. The number of aromatic nitrogens is 1. The van der Waals surface area contributed by atoms with Crippen LogP contribution in [0.1, 0.15) is 0 Å². The van der Waals surface area contributed by atoms with Gasteiger partial charge in [0.1, 0.15) is 0 Å². The summed E-state index contributed by atoms with van der Waals surface area (Å²) < 4.78 is 27.3. The third-order valence-corrected chi connectivity index (χ3v) is 5.37. The number of pyridine rings is 1. The predicted octanol–water partition coefficient (Wildman–Crippen LogP) is 4.24. The highest BCUT2D eigenvalue weighted by Gasteiger charge is 2.12. The Balaban J connectivity index is 1.95. The maximum absolute atomic E-state index is 12.7. The van der Waals surface area contributed by atoms with E-state index in [2.05, 4.69) is 4.72 Å². The highest BCUT2D eigenvalue weighted by molar-refractivity contribution is 7.92. The minimum atomic E-state index is -3.38. The molecule has 0 unspecified atom stereocenters. The largest absolute Gasteiger partial charge is 0.317 e. The van der Waals surface area contributed by atoms with Gasteiger partial charge in [0, 0.05) is 29.9 Å². The fourth-order valence-corrected chi connectivity index (χ4v) is 4.03. The maximum atomic E-state index is 12.7. The van der Waals surface area contributed by atoms with Crippen LogP contribution in [0.4, 0.5) is 5.69 Å². The zero-order chi connectivity index (χ0) is 20.6. The molecule has 3 aromatic carbocycles. The van der Waals surface area contributed by atoms with Crippen LogP contribution in [-0.2, 0) is 17.1 Å². The van der Waals surface area contributed by atoms with Crippen molar-refractivity contribution >= 4 is 26.5 Å². The first-order valence-electron chi connectivity index (χ1n) is 9.09. The minimum absolute atomic E-state index is 0.0752. The Morgan fingerprint density at radius 3 is 2.24 bits per heavy atom. The van der Waals surface area contributed by atoms with Gasteiger partial charge in [-0.3, -0.25) is 9.52 Å². The van der Waals surface area contributed by atoms with Crippen LogP contribution in [0.5, 0.6) is 0 Å². The summed E-state index contributed by atoms with van der Waals surface area (Å²) in [6.45, 7) is 0. The second kappa shape index (κ2) is 7.22. The molecule has 6 heteroatoms. The van der Waals surface area contributed by atoms with Gasteiger partial charge in [0.15, 0.2) is 0 Å². The van der Waals surface area contributed by atoms with Gasteiger partial charge in [0.25, 0.3) is 5.56 Å². The zero-order valence-corrected chi connectivity index (χ0v) is 16.9. The molecule has 4 aromatic rings. The van der Waals surface area contributed by atoms with Crippen molar-refractivity contribution in [3.63, 3.8) is 0 Å². The molecule has 0 radical (unpaired) electrons. The van der Waals surface area contributed by atoms with E-state index in [1.54, 1.807) is 36.0 Å². The molecule has 0 saturated carbocycles.